The third-order valence-corrected chi connectivity index (χ3v) is 10.2. The summed E-state index contributed by atoms with van der Waals surface area (Å²) in [5.74, 6) is -0.183. The van der Waals surface area contributed by atoms with E-state index in [2.05, 4.69) is 35.0 Å². The van der Waals surface area contributed by atoms with Gasteiger partial charge in [-0.05, 0) is 7.05 Å². The molecule has 23 nitrogen and oxygen atoms in total. The molecule has 3 aliphatic rings. The Hall–Kier alpha value is -3.44. The maximum absolute atomic E-state index is 13.9. The molecule has 46 heavy (non-hydrogen) atoms. The van der Waals surface area contributed by atoms with Gasteiger partial charge in [0.25, 0.3) is 5.56 Å². The van der Waals surface area contributed by atoms with Crippen LogP contribution in [0, 0.1) is 0 Å². The molecular formula is C21H27N11O12P2. The molecule has 0 aliphatic carbocycles. The SMILES string of the molecule is CNP1(=O)OC[C@H]2O[C@@H](n3cnc4c(N)ncnc43)[C@@H](O)C2OP(=O)(O)OC[C@H]2O[C@@H](n3cnc4c(=O)[nH]c(N)nc43)[C@@H](O1)C2O. The Labute approximate surface area is 256 Å². The Bertz CT molecular complexity index is 1950. The molecule has 0 amide bonds. The van der Waals surface area contributed by atoms with Crippen molar-refractivity contribution in [2.24, 2.45) is 0 Å². The highest BCUT2D eigenvalue weighted by Gasteiger charge is 2.54. The van der Waals surface area contributed by atoms with Crippen LogP contribution in [0.1, 0.15) is 12.5 Å². The molecule has 7 rings (SSSR count). The van der Waals surface area contributed by atoms with Gasteiger partial charge < -0.3 is 36.0 Å². The van der Waals surface area contributed by atoms with Gasteiger partial charge in [-0.3, -0.25) is 37.0 Å². The Balaban J connectivity index is 1.22. The summed E-state index contributed by atoms with van der Waals surface area (Å²) in [6.07, 6.45) is -8.22. The average molecular weight is 687 g/mol. The number of ether oxygens (including phenoxy) is 2. The van der Waals surface area contributed by atoms with Crippen LogP contribution in [0.4, 0.5) is 11.8 Å². The van der Waals surface area contributed by atoms with Gasteiger partial charge in [0.2, 0.25) is 5.95 Å². The number of aliphatic hydroxyl groups is 2. The highest BCUT2D eigenvalue weighted by atomic mass is 31.2. The molecule has 2 bridgehead atoms. The van der Waals surface area contributed by atoms with E-state index in [4.69, 9.17) is 39.0 Å². The van der Waals surface area contributed by atoms with Crippen molar-refractivity contribution >= 4 is 49.7 Å². The van der Waals surface area contributed by atoms with E-state index in [-0.39, 0.29) is 34.1 Å². The summed E-state index contributed by atoms with van der Waals surface area (Å²) in [4.78, 5) is 45.5. The van der Waals surface area contributed by atoms with Crippen LogP contribution < -0.4 is 22.1 Å². The molecule has 0 aromatic carbocycles. The molecule has 3 fully saturated rings. The average Bonchev–Trinajstić information content (AvgIpc) is 3.77. The number of phosphoric acid groups is 1. The third-order valence-electron chi connectivity index (χ3n) is 7.61. The van der Waals surface area contributed by atoms with Crippen molar-refractivity contribution in [2.45, 2.75) is 49.1 Å². The lowest BCUT2D eigenvalue weighted by Crippen LogP contribution is -2.37. The Morgan fingerprint density at radius 1 is 0.913 bits per heavy atom. The van der Waals surface area contributed by atoms with Crippen molar-refractivity contribution in [3.63, 3.8) is 0 Å². The van der Waals surface area contributed by atoms with E-state index in [1.54, 1.807) is 0 Å². The van der Waals surface area contributed by atoms with E-state index in [1.165, 1.54) is 28.8 Å². The number of aromatic nitrogens is 8. The lowest BCUT2D eigenvalue weighted by Gasteiger charge is -2.27. The van der Waals surface area contributed by atoms with Crippen molar-refractivity contribution in [3.05, 3.63) is 29.3 Å². The first kappa shape index (κ1) is 31.2. The van der Waals surface area contributed by atoms with Crippen molar-refractivity contribution in [2.75, 3.05) is 31.7 Å². The minimum atomic E-state index is -5.02. The van der Waals surface area contributed by atoms with Gasteiger partial charge in [-0.2, -0.15) is 4.98 Å². The maximum Gasteiger partial charge on any atom is 0.472 e. The zero-order valence-corrected chi connectivity index (χ0v) is 25.2. The fourth-order valence-corrected chi connectivity index (χ4v) is 7.58. The Morgan fingerprint density at radius 3 is 2.37 bits per heavy atom. The van der Waals surface area contributed by atoms with Gasteiger partial charge in [0.1, 0.15) is 48.5 Å². The number of anilines is 2. The second kappa shape index (κ2) is 11.4. The number of nitrogens with two attached hydrogens (primary N) is 2. The molecular weight excluding hydrogens is 660 g/mol. The topological polar surface area (TPSA) is 321 Å². The molecule has 3 aliphatic heterocycles. The van der Waals surface area contributed by atoms with Gasteiger partial charge in [0, 0.05) is 0 Å². The summed E-state index contributed by atoms with van der Waals surface area (Å²) in [5.41, 5.74) is 11.1. The van der Waals surface area contributed by atoms with Crippen LogP contribution in [0.25, 0.3) is 22.3 Å². The van der Waals surface area contributed by atoms with Gasteiger partial charge in [-0.1, -0.05) is 0 Å². The van der Waals surface area contributed by atoms with Gasteiger partial charge >= 0.3 is 15.6 Å². The van der Waals surface area contributed by atoms with Gasteiger partial charge in [0.05, 0.1) is 25.9 Å². The van der Waals surface area contributed by atoms with E-state index >= 15 is 0 Å². The maximum atomic E-state index is 13.9. The number of nitrogen functional groups attached to an aromatic ring is 2. The summed E-state index contributed by atoms with van der Waals surface area (Å²) < 4.78 is 63.4. The van der Waals surface area contributed by atoms with E-state index in [0.29, 0.717) is 0 Å². The molecule has 10 atom stereocenters. The van der Waals surface area contributed by atoms with Crippen LogP contribution >= 0.6 is 15.6 Å². The first-order valence-corrected chi connectivity index (χ1v) is 16.5. The predicted octanol–water partition coefficient (Wildman–Crippen LogP) is -2.11. The number of aliphatic hydroxyl groups excluding tert-OH is 2. The molecule has 4 unspecified atom stereocenters. The molecule has 248 valence electrons. The lowest BCUT2D eigenvalue weighted by molar-refractivity contribution is -0.0636. The quantitative estimate of drug-likeness (QED) is 0.113. The summed E-state index contributed by atoms with van der Waals surface area (Å²) in [6.45, 7) is -1.39. The second-order valence-corrected chi connectivity index (χ2v) is 13.7. The lowest BCUT2D eigenvalue weighted by atomic mass is 10.1. The highest BCUT2D eigenvalue weighted by molar-refractivity contribution is 7.51. The standard InChI is InChI=1S/C21H27N11O12P2/c1-24-45(36)39-3-8-13(12(34)19(42-8)31-5-27-9-15(22)25-4-26-16(9)31)44-46(37,38)40-2-7-11(33)14(43-45)20(41-7)32-6-28-10-17(32)29-21(23)30-18(10)35/h4-8,11-14,19-20,33-34H,2-3H2,1H3,(H,24,36)(H,37,38)(H2,22,25,26)(H3,23,29,30,35)/t7-,8-,11?,12+,13?,14+,19-,20-,45?/m1/s1. The van der Waals surface area contributed by atoms with E-state index in [0.717, 1.165) is 6.33 Å². The minimum Gasteiger partial charge on any atom is -0.387 e. The summed E-state index contributed by atoms with van der Waals surface area (Å²) in [5, 5.41) is 24.8. The Kier molecular flexibility index (Phi) is 7.70. The first-order valence-electron chi connectivity index (χ1n) is 13.5. The minimum absolute atomic E-state index is 0.0609. The monoisotopic (exact) mass is 687 g/mol. The van der Waals surface area contributed by atoms with Crippen LogP contribution in [-0.2, 0) is 36.7 Å². The van der Waals surface area contributed by atoms with Crippen molar-refractivity contribution in [1.29, 1.82) is 0 Å². The molecule has 0 saturated carbocycles. The van der Waals surface area contributed by atoms with Crippen LogP contribution in [0.15, 0.2) is 23.8 Å². The fourth-order valence-electron chi connectivity index (χ4n) is 5.42. The van der Waals surface area contributed by atoms with Gasteiger partial charge in [-0.15, -0.1) is 0 Å². The van der Waals surface area contributed by atoms with Crippen LogP contribution in [0.5, 0.6) is 0 Å². The number of imidazole rings is 2. The number of hydrogen-bond donors (Lipinski definition) is 7. The largest absolute Gasteiger partial charge is 0.472 e. The first-order chi connectivity index (χ1) is 21.9. The van der Waals surface area contributed by atoms with Crippen molar-refractivity contribution in [3.8, 4) is 0 Å². The number of aromatic amines is 1. The van der Waals surface area contributed by atoms with Crippen molar-refractivity contribution < 1.29 is 51.8 Å². The summed E-state index contributed by atoms with van der Waals surface area (Å²) in [6, 6.07) is 0. The third kappa shape index (κ3) is 5.29. The van der Waals surface area contributed by atoms with E-state index < -0.39 is 83.4 Å². The van der Waals surface area contributed by atoms with Gasteiger partial charge in [-0.25, -0.2) is 34.2 Å². The van der Waals surface area contributed by atoms with Crippen LogP contribution in [-0.4, -0.2) is 111 Å². The number of hydrogen-bond acceptors (Lipinski definition) is 18. The molecule has 0 spiro atoms. The summed E-state index contributed by atoms with van der Waals surface area (Å²) in [7, 11) is -8.14. The van der Waals surface area contributed by atoms with E-state index in [1.807, 2.05) is 0 Å². The number of rotatable bonds is 3. The fraction of sp³-hybridized carbons (Fsp3) is 0.524. The normalized spacial score (nSPS) is 37.1. The number of fused-ring (bicyclic) bond motifs is 5. The molecule has 7 heterocycles. The summed E-state index contributed by atoms with van der Waals surface area (Å²) >= 11 is 0. The van der Waals surface area contributed by atoms with Crippen LogP contribution in [0.3, 0.4) is 0 Å². The predicted molar refractivity (Wildman–Crippen MR) is 150 cm³/mol. The van der Waals surface area contributed by atoms with Crippen LogP contribution in [0.2, 0.25) is 0 Å². The molecule has 3 saturated heterocycles. The Morgan fingerprint density at radius 2 is 1.61 bits per heavy atom. The zero-order valence-electron chi connectivity index (χ0n) is 23.5. The zero-order chi connectivity index (χ0) is 32.5. The van der Waals surface area contributed by atoms with E-state index in [9.17, 15) is 29.0 Å². The number of phosphoric ester groups is 1. The number of nitrogens with one attached hydrogen (secondary N) is 2. The molecule has 0 radical (unpaired) electrons. The molecule has 25 heteroatoms. The number of H-pyrrole nitrogens is 1. The molecule has 4 aromatic rings. The highest BCUT2D eigenvalue weighted by Crippen LogP contribution is 2.53. The molecule has 4 aromatic heterocycles. The van der Waals surface area contributed by atoms with Crippen molar-refractivity contribution in [1.82, 2.24) is 44.1 Å². The smallest absolute Gasteiger partial charge is 0.387 e. The number of nitrogens with zero attached hydrogens (tertiary/aromatic N) is 7. The molecule has 9 N–H and O–H groups in total. The second-order valence-electron chi connectivity index (χ2n) is 10.4. The van der Waals surface area contributed by atoms with Gasteiger partial charge in [0.15, 0.2) is 35.1 Å².